The largest absolute Gasteiger partial charge is 0.386 e. The number of ether oxygens (including phenoxy) is 1. The van der Waals surface area contributed by atoms with Gasteiger partial charge in [0.05, 0.1) is 18.3 Å². The Morgan fingerprint density at radius 1 is 1.43 bits per heavy atom. The van der Waals surface area contributed by atoms with E-state index in [4.69, 9.17) is 4.74 Å². The molecule has 0 aliphatic carbocycles. The number of rotatable bonds is 8. The molecule has 0 rings (SSSR count). The first kappa shape index (κ1) is 13.9. The molecule has 2 unspecified atom stereocenters. The highest BCUT2D eigenvalue weighted by atomic mass is 16.5. The summed E-state index contributed by atoms with van der Waals surface area (Å²) in [6.07, 6.45) is 2.30. The van der Waals surface area contributed by atoms with Crippen LogP contribution in [0.15, 0.2) is 0 Å². The first-order valence-electron chi connectivity index (χ1n) is 5.56. The lowest BCUT2D eigenvalue weighted by atomic mass is 10.1. The maximum absolute atomic E-state index is 9.90. The van der Waals surface area contributed by atoms with E-state index < -0.39 is 5.60 Å². The first-order valence-corrected chi connectivity index (χ1v) is 5.56. The highest BCUT2D eigenvalue weighted by Crippen LogP contribution is 2.06. The summed E-state index contributed by atoms with van der Waals surface area (Å²) in [4.78, 5) is 0. The third-order valence-electron chi connectivity index (χ3n) is 2.19. The van der Waals surface area contributed by atoms with Gasteiger partial charge < -0.3 is 15.2 Å². The second-order valence-corrected chi connectivity index (χ2v) is 4.20. The van der Waals surface area contributed by atoms with Crippen molar-refractivity contribution >= 4 is 0 Å². The molecule has 3 heteroatoms. The lowest BCUT2D eigenvalue weighted by Crippen LogP contribution is -2.42. The predicted octanol–water partition coefficient (Wildman–Crippen LogP) is 1.55. The fraction of sp³-hybridized carbons (Fsp3) is 1.00. The molecular formula is C11H25NO2. The van der Waals surface area contributed by atoms with Crippen molar-refractivity contribution in [2.75, 3.05) is 19.7 Å². The average molecular weight is 203 g/mol. The van der Waals surface area contributed by atoms with Crippen LogP contribution in [-0.2, 0) is 4.74 Å². The van der Waals surface area contributed by atoms with Crippen LogP contribution in [0.4, 0.5) is 0 Å². The van der Waals surface area contributed by atoms with Crippen LogP contribution in [0.1, 0.15) is 40.5 Å². The van der Waals surface area contributed by atoms with Crippen molar-refractivity contribution < 1.29 is 9.84 Å². The van der Waals surface area contributed by atoms with E-state index >= 15 is 0 Å². The average Bonchev–Trinajstić information content (AvgIpc) is 2.14. The Morgan fingerprint density at radius 3 is 2.57 bits per heavy atom. The van der Waals surface area contributed by atoms with Crippen molar-refractivity contribution in [2.45, 2.75) is 52.2 Å². The van der Waals surface area contributed by atoms with Gasteiger partial charge >= 0.3 is 0 Å². The van der Waals surface area contributed by atoms with Gasteiger partial charge in [-0.15, -0.1) is 0 Å². The summed E-state index contributed by atoms with van der Waals surface area (Å²) in [5.74, 6) is 0. The molecule has 2 N–H and O–H groups in total. The van der Waals surface area contributed by atoms with Gasteiger partial charge in [-0.1, -0.05) is 13.8 Å². The molecule has 0 aromatic rings. The summed E-state index contributed by atoms with van der Waals surface area (Å²) >= 11 is 0. The Bertz CT molecular complexity index is 137. The molecule has 3 nitrogen and oxygen atoms in total. The van der Waals surface area contributed by atoms with Crippen molar-refractivity contribution in [2.24, 2.45) is 0 Å². The molecule has 0 aromatic carbocycles. The van der Waals surface area contributed by atoms with Crippen LogP contribution in [0, 0.1) is 0 Å². The van der Waals surface area contributed by atoms with Crippen molar-refractivity contribution in [3.63, 3.8) is 0 Å². The number of aliphatic hydroxyl groups is 1. The topological polar surface area (TPSA) is 41.5 Å². The van der Waals surface area contributed by atoms with Gasteiger partial charge in [0.15, 0.2) is 0 Å². The second kappa shape index (κ2) is 7.21. The Hall–Kier alpha value is -0.120. The molecular weight excluding hydrogens is 178 g/mol. The summed E-state index contributed by atoms with van der Waals surface area (Å²) in [5, 5.41) is 13.1. The Kier molecular flexibility index (Phi) is 7.15. The lowest BCUT2D eigenvalue weighted by Gasteiger charge is -2.25. The van der Waals surface area contributed by atoms with E-state index in [2.05, 4.69) is 19.2 Å². The van der Waals surface area contributed by atoms with E-state index in [0.717, 1.165) is 19.4 Å². The summed E-state index contributed by atoms with van der Waals surface area (Å²) in [6.45, 7) is 9.95. The molecule has 0 spiro atoms. The highest BCUT2D eigenvalue weighted by Gasteiger charge is 2.20. The summed E-state index contributed by atoms with van der Waals surface area (Å²) < 4.78 is 5.50. The molecule has 0 saturated carbocycles. The normalized spacial score (nSPS) is 17.8. The van der Waals surface area contributed by atoms with Gasteiger partial charge in [-0.3, -0.25) is 0 Å². The molecule has 86 valence electrons. The van der Waals surface area contributed by atoms with Gasteiger partial charge in [0, 0.05) is 6.54 Å². The van der Waals surface area contributed by atoms with Crippen molar-refractivity contribution in [1.29, 1.82) is 0 Å². The zero-order valence-corrected chi connectivity index (χ0v) is 9.97. The third-order valence-corrected chi connectivity index (χ3v) is 2.19. The monoisotopic (exact) mass is 203 g/mol. The fourth-order valence-electron chi connectivity index (χ4n) is 1.03. The van der Waals surface area contributed by atoms with Crippen LogP contribution in [-0.4, -0.2) is 36.5 Å². The Morgan fingerprint density at radius 2 is 2.07 bits per heavy atom. The summed E-state index contributed by atoms with van der Waals surface area (Å²) in [7, 11) is 0. The smallest absolute Gasteiger partial charge is 0.0975 e. The molecule has 2 atom stereocenters. The zero-order chi connectivity index (χ0) is 11.0. The molecule has 0 aromatic heterocycles. The molecule has 0 fully saturated rings. The van der Waals surface area contributed by atoms with Gasteiger partial charge in [0.25, 0.3) is 0 Å². The molecule has 0 radical (unpaired) electrons. The standard InChI is InChI=1S/C11H25NO2/c1-5-7-12-8-11(4,13)9-14-10(3)6-2/h10,12-13H,5-9H2,1-4H3. The van der Waals surface area contributed by atoms with Crippen molar-refractivity contribution in [3.05, 3.63) is 0 Å². The molecule has 0 bridgehead atoms. The molecule has 14 heavy (non-hydrogen) atoms. The lowest BCUT2D eigenvalue weighted by molar-refractivity contribution is -0.0573. The maximum atomic E-state index is 9.90. The second-order valence-electron chi connectivity index (χ2n) is 4.20. The van der Waals surface area contributed by atoms with Gasteiger partial charge in [-0.25, -0.2) is 0 Å². The minimum atomic E-state index is -0.751. The number of hydrogen-bond acceptors (Lipinski definition) is 3. The maximum Gasteiger partial charge on any atom is 0.0975 e. The van der Waals surface area contributed by atoms with E-state index in [-0.39, 0.29) is 6.10 Å². The summed E-state index contributed by atoms with van der Waals surface area (Å²) in [5.41, 5.74) is -0.751. The van der Waals surface area contributed by atoms with E-state index in [0.29, 0.717) is 13.2 Å². The van der Waals surface area contributed by atoms with Crippen LogP contribution >= 0.6 is 0 Å². The van der Waals surface area contributed by atoms with E-state index in [1.807, 2.05) is 6.92 Å². The third kappa shape index (κ3) is 7.30. The molecule has 0 aliphatic rings. The minimum absolute atomic E-state index is 0.229. The van der Waals surface area contributed by atoms with Crippen LogP contribution in [0.2, 0.25) is 0 Å². The van der Waals surface area contributed by atoms with E-state index in [9.17, 15) is 5.11 Å². The quantitative estimate of drug-likeness (QED) is 0.588. The molecule has 0 amide bonds. The van der Waals surface area contributed by atoms with Crippen LogP contribution in [0.3, 0.4) is 0 Å². The van der Waals surface area contributed by atoms with Gasteiger partial charge in [-0.05, 0) is 33.2 Å². The molecule has 0 heterocycles. The van der Waals surface area contributed by atoms with Crippen LogP contribution in [0.5, 0.6) is 0 Å². The molecule has 0 aliphatic heterocycles. The van der Waals surface area contributed by atoms with Gasteiger partial charge in [0.1, 0.15) is 0 Å². The van der Waals surface area contributed by atoms with E-state index in [1.54, 1.807) is 6.92 Å². The summed E-state index contributed by atoms with van der Waals surface area (Å²) in [6, 6.07) is 0. The minimum Gasteiger partial charge on any atom is -0.386 e. The van der Waals surface area contributed by atoms with Gasteiger partial charge in [-0.2, -0.15) is 0 Å². The number of nitrogens with one attached hydrogen (secondary N) is 1. The first-order chi connectivity index (χ1) is 6.52. The molecule has 0 saturated heterocycles. The van der Waals surface area contributed by atoms with Crippen LogP contribution < -0.4 is 5.32 Å². The van der Waals surface area contributed by atoms with Crippen molar-refractivity contribution in [1.82, 2.24) is 5.32 Å². The van der Waals surface area contributed by atoms with Crippen LogP contribution in [0.25, 0.3) is 0 Å². The van der Waals surface area contributed by atoms with E-state index in [1.165, 1.54) is 0 Å². The highest BCUT2D eigenvalue weighted by molar-refractivity contribution is 4.75. The van der Waals surface area contributed by atoms with Gasteiger partial charge in [0.2, 0.25) is 0 Å². The van der Waals surface area contributed by atoms with Crippen molar-refractivity contribution in [3.8, 4) is 0 Å². The predicted molar refractivity (Wildman–Crippen MR) is 59.5 cm³/mol. The number of hydrogen-bond donors (Lipinski definition) is 2. The fourth-order valence-corrected chi connectivity index (χ4v) is 1.03. The Labute approximate surface area is 87.8 Å². The SMILES string of the molecule is CCCNCC(C)(O)COC(C)CC. The zero-order valence-electron chi connectivity index (χ0n) is 9.97. The Balaban J connectivity index is 3.60.